The lowest BCUT2D eigenvalue weighted by atomic mass is 9.81. The minimum atomic E-state index is -5.03. The van der Waals surface area contributed by atoms with Gasteiger partial charge in [0, 0.05) is 23.1 Å². The van der Waals surface area contributed by atoms with E-state index >= 15 is 0 Å². The topological polar surface area (TPSA) is 50.9 Å². The first kappa shape index (κ1) is 24.7. The monoisotopic (exact) mass is 453 g/mol. The molecule has 3 rings (SSSR count). The van der Waals surface area contributed by atoms with Crippen molar-refractivity contribution in [1.29, 1.82) is 0 Å². The fourth-order valence-corrected chi connectivity index (χ4v) is 5.29. The first-order valence-corrected chi connectivity index (χ1v) is 11.1. The van der Waals surface area contributed by atoms with Crippen LogP contribution in [0.2, 0.25) is 0 Å². The molecule has 2 heterocycles. The normalized spacial score (nSPS) is 25.9. The predicted octanol–water partition coefficient (Wildman–Crippen LogP) is 4.50. The summed E-state index contributed by atoms with van der Waals surface area (Å²) in [6, 6.07) is 8.65. The molecular weight excluding hydrogens is 419 g/mol. The third-order valence-electron chi connectivity index (χ3n) is 6.52. The van der Waals surface area contributed by atoms with Crippen molar-refractivity contribution in [3.8, 4) is 0 Å². The number of hydroxylamine groups is 2. The number of hydrogen-bond acceptors (Lipinski definition) is 4. The molecule has 2 aliphatic heterocycles. The first-order chi connectivity index (χ1) is 14.7. The zero-order valence-corrected chi connectivity index (χ0v) is 19.8. The summed E-state index contributed by atoms with van der Waals surface area (Å²) in [5.74, 6) is -2.10. The Balaban J connectivity index is 2.00. The van der Waals surface area contributed by atoms with E-state index in [2.05, 4.69) is 32.8 Å². The van der Waals surface area contributed by atoms with Crippen LogP contribution in [-0.2, 0) is 4.84 Å². The molecule has 1 aromatic carbocycles. The molecule has 1 aromatic rings. The number of rotatable bonds is 5. The molecule has 1 atom stereocenters. The van der Waals surface area contributed by atoms with Gasteiger partial charge in [-0.15, -0.1) is 0 Å². The number of benzene rings is 1. The van der Waals surface area contributed by atoms with Crippen LogP contribution in [0.15, 0.2) is 35.4 Å². The fraction of sp³-hybridized carbons (Fsp3) is 0.667. The van der Waals surface area contributed by atoms with Crippen LogP contribution in [0.25, 0.3) is 0 Å². The van der Waals surface area contributed by atoms with Gasteiger partial charge in [0.15, 0.2) is 0 Å². The van der Waals surface area contributed by atoms with Gasteiger partial charge in [0.05, 0.1) is 5.41 Å². The molecule has 5 nitrogen and oxygen atoms in total. The highest BCUT2D eigenvalue weighted by molar-refractivity contribution is 6.01. The van der Waals surface area contributed by atoms with Crippen LogP contribution in [0.3, 0.4) is 0 Å². The van der Waals surface area contributed by atoms with Gasteiger partial charge in [0.2, 0.25) is 11.8 Å². The minimum absolute atomic E-state index is 0.140. The van der Waals surface area contributed by atoms with E-state index in [1.165, 1.54) is 4.68 Å². The van der Waals surface area contributed by atoms with Crippen molar-refractivity contribution in [2.45, 2.75) is 90.5 Å². The number of hydrogen-bond donors (Lipinski definition) is 0. The van der Waals surface area contributed by atoms with Gasteiger partial charge in [0.1, 0.15) is 12.5 Å². The largest absolute Gasteiger partial charge is 0.851 e. The molecule has 1 fully saturated rings. The quantitative estimate of drug-likeness (QED) is 0.375. The summed E-state index contributed by atoms with van der Waals surface area (Å²) in [4.78, 5) is 6.30. The van der Waals surface area contributed by atoms with Gasteiger partial charge in [-0.25, -0.2) is 0 Å². The summed E-state index contributed by atoms with van der Waals surface area (Å²) in [5, 5.41) is 17.4. The average Bonchev–Trinajstić information content (AvgIpc) is 2.89. The van der Waals surface area contributed by atoms with E-state index in [4.69, 9.17) is 4.84 Å². The molecule has 1 saturated heterocycles. The molecule has 178 valence electrons. The number of hydrazone groups is 1. The van der Waals surface area contributed by atoms with E-state index in [9.17, 15) is 18.3 Å². The maximum atomic E-state index is 13.1. The van der Waals surface area contributed by atoms with Crippen molar-refractivity contribution in [2.24, 2.45) is 10.5 Å². The summed E-state index contributed by atoms with van der Waals surface area (Å²) >= 11 is 0. The molecule has 2 aliphatic rings. The van der Waals surface area contributed by atoms with Gasteiger partial charge < -0.3 is 5.11 Å². The lowest BCUT2D eigenvalue weighted by molar-refractivity contribution is -0.576. The predicted molar refractivity (Wildman–Crippen MR) is 116 cm³/mol. The summed E-state index contributed by atoms with van der Waals surface area (Å²) in [6.07, 6.45) is -1.50. The van der Waals surface area contributed by atoms with E-state index < -0.39 is 23.5 Å². The van der Waals surface area contributed by atoms with E-state index in [1.54, 1.807) is 0 Å². The van der Waals surface area contributed by atoms with Crippen LogP contribution in [0.4, 0.5) is 13.2 Å². The van der Waals surface area contributed by atoms with Gasteiger partial charge >= 0.3 is 6.18 Å². The molecule has 0 amide bonds. The minimum Gasteiger partial charge on any atom is -0.851 e. The van der Waals surface area contributed by atoms with Crippen LogP contribution in [-0.4, -0.2) is 51.3 Å². The number of nitrogens with zero attached hydrogens (tertiary/aromatic N) is 3. The third-order valence-corrected chi connectivity index (χ3v) is 6.52. The molecule has 32 heavy (non-hydrogen) atoms. The summed E-state index contributed by atoms with van der Waals surface area (Å²) in [7, 11) is 0. The van der Waals surface area contributed by atoms with E-state index in [0.717, 1.165) is 24.8 Å². The van der Waals surface area contributed by atoms with Crippen LogP contribution in [0.1, 0.15) is 72.8 Å². The molecule has 0 N–H and O–H groups in total. The lowest BCUT2D eigenvalue weighted by Gasteiger charge is -2.51. The van der Waals surface area contributed by atoms with Crippen molar-refractivity contribution < 1.29 is 27.8 Å². The molecule has 0 radical (unpaired) electrons. The standard InChI is InChI=1S/C24H34F3N3O2/c1-21(2)15-18(16-32-30-22(3,4)13-10-14-23(30,5)6)29(28-20(31)24(25,26)27)19(21)17-11-8-7-9-12-17/h7-9,11-12,18H,10,13-16H2,1-6H3. The fourth-order valence-electron chi connectivity index (χ4n) is 5.29. The van der Waals surface area contributed by atoms with Crippen LogP contribution in [0.5, 0.6) is 0 Å². The van der Waals surface area contributed by atoms with E-state index in [1.807, 2.05) is 49.2 Å². The van der Waals surface area contributed by atoms with E-state index in [0.29, 0.717) is 12.1 Å². The van der Waals surface area contributed by atoms with E-state index in [-0.39, 0.29) is 17.7 Å². The van der Waals surface area contributed by atoms with Gasteiger partial charge in [0.25, 0.3) is 0 Å². The summed E-state index contributed by atoms with van der Waals surface area (Å²) in [5.41, 5.74) is 0.452. The molecule has 8 heteroatoms. The molecule has 0 bridgehead atoms. The van der Waals surface area contributed by atoms with Gasteiger partial charge in [-0.1, -0.05) is 22.9 Å². The van der Waals surface area contributed by atoms with Crippen molar-refractivity contribution in [3.05, 3.63) is 35.9 Å². The zero-order chi connectivity index (χ0) is 23.9. The zero-order valence-electron chi connectivity index (χ0n) is 19.8. The maximum absolute atomic E-state index is 13.1. The number of alkyl halides is 3. The highest BCUT2D eigenvalue weighted by atomic mass is 19.4. The first-order valence-electron chi connectivity index (χ1n) is 11.1. The second kappa shape index (κ2) is 8.45. The second-order valence-electron chi connectivity index (χ2n) is 10.8. The van der Waals surface area contributed by atoms with Gasteiger partial charge in [-0.2, -0.15) is 18.2 Å². The Bertz CT molecular complexity index is 874. The molecule has 0 saturated carbocycles. The Labute approximate surface area is 188 Å². The molecule has 0 aliphatic carbocycles. The third kappa shape index (κ3) is 5.01. The Morgan fingerprint density at radius 1 is 1.09 bits per heavy atom. The van der Waals surface area contributed by atoms with Crippen LogP contribution < -0.4 is 5.11 Å². The second-order valence-corrected chi connectivity index (χ2v) is 10.8. The van der Waals surface area contributed by atoms with Crippen molar-refractivity contribution in [2.75, 3.05) is 6.61 Å². The number of piperidine rings is 1. The van der Waals surface area contributed by atoms with Crippen LogP contribution >= 0.6 is 0 Å². The lowest BCUT2D eigenvalue weighted by Crippen LogP contribution is -2.58. The molecular formula is C24H34F3N3O2. The maximum Gasteiger partial charge on any atom is 0.425 e. The summed E-state index contributed by atoms with van der Waals surface area (Å²) < 4.78 is 40.6. The molecule has 0 spiro atoms. The van der Waals surface area contributed by atoms with Crippen molar-refractivity contribution >= 4 is 11.6 Å². The number of halogens is 3. The van der Waals surface area contributed by atoms with Gasteiger partial charge in [-0.3, -0.25) is 4.84 Å². The Morgan fingerprint density at radius 2 is 1.66 bits per heavy atom. The SMILES string of the molecule is CC1(C)CC(CON2C(C)(C)CCCC2(C)C)[N+](/N=C(\[O-])C(F)(F)F)=C1c1ccccc1. The highest BCUT2D eigenvalue weighted by Crippen LogP contribution is 2.40. The average molecular weight is 454 g/mol. The van der Waals surface area contributed by atoms with Crippen molar-refractivity contribution in [3.63, 3.8) is 0 Å². The smallest absolute Gasteiger partial charge is 0.425 e. The highest BCUT2D eigenvalue weighted by Gasteiger charge is 2.51. The molecule has 1 unspecified atom stereocenters. The Morgan fingerprint density at radius 3 is 2.19 bits per heavy atom. The van der Waals surface area contributed by atoms with Gasteiger partial charge in [-0.05, 0) is 78.0 Å². The Kier molecular flexibility index (Phi) is 6.52. The van der Waals surface area contributed by atoms with Crippen LogP contribution in [0, 0.1) is 5.41 Å². The summed E-state index contributed by atoms with van der Waals surface area (Å²) in [6.45, 7) is 12.5. The molecule has 0 aromatic heterocycles. The van der Waals surface area contributed by atoms with Crippen molar-refractivity contribution in [1.82, 2.24) is 5.06 Å². The Hall–Kier alpha value is -1.93.